The smallest absolute Gasteiger partial charge is 0.234 e. The molecule has 5 rings (SSSR count). The molecule has 2 unspecified atom stereocenters. The fraction of sp³-hybridized carbons (Fsp3) is 0.320. The number of likely N-dealkylation sites (tertiary alicyclic amines) is 1. The highest BCUT2D eigenvalue weighted by Crippen LogP contribution is 2.70. The molecule has 136 valence electrons. The lowest BCUT2D eigenvalue weighted by molar-refractivity contribution is -0.136. The fourth-order valence-electron chi connectivity index (χ4n) is 5.19. The van der Waals surface area contributed by atoms with E-state index >= 15 is 0 Å². The summed E-state index contributed by atoms with van der Waals surface area (Å²) in [5.74, 6) is 0.286. The van der Waals surface area contributed by atoms with Crippen LogP contribution in [0, 0.1) is 5.41 Å². The molecule has 1 heterocycles. The van der Waals surface area contributed by atoms with Gasteiger partial charge in [-0.3, -0.25) is 4.79 Å². The van der Waals surface area contributed by atoms with Gasteiger partial charge in [-0.15, -0.1) is 0 Å². The molecule has 27 heavy (non-hydrogen) atoms. The number of nitrogens with zero attached hydrogens (tertiary/aromatic N) is 1. The number of carbonyl (C=O) groups excluding carboxylic acids is 1. The van der Waals surface area contributed by atoms with Gasteiger partial charge in [0.25, 0.3) is 0 Å². The van der Waals surface area contributed by atoms with Crippen LogP contribution >= 0.6 is 0 Å². The van der Waals surface area contributed by atoms with Gasteiger partial charge in [-0.1, -0.05) is 73.7 Å². The Kier molecular flexibility index (Phi) is 3.20. The van der Waals surface area contributed by atoms with Gasteiger partial charge in [-0.05, 0) is 48.2 Å². The van der Waals surface area contributed by atoms with Gasteiger partial charge in [0.1, 0.15) is 0 Å². The summed E-state index contributed by atoms with van der Waals surface area (Å²) in [6.07, 6.45) is 0.965. The summed E-state index contributed by atoms with van der Waals surface area (Å²) in [6.45, 7) is 7.46. The molecule has 0 aromatic heterocycles. The van der Waals surface area contributed by atoms with E-state index in [-0.39, 0.29) is 22.3 Å². The summed E-state index contributed by atoms with van der Waals surface area (Å²) in [5, 5.41) is 2.46. The Morgan fingerprint density at radius 2 is 1.56 bits per heavy atom. The summed E-state index contributed by atoms with van der Waals surface area (Å²) in [4.78, 5) is 15.8. The Morgan fingerprint density at radius 1 is 0.889 bits per heavy atom. The highest BCUT2D eigenvalue weighted by molar-refractivity contribution is 5.97. The quantitative estimate of drug-likeness (QED) is 0.627. The van der Waals surface area contributed by atoms with Gasteiger partial charge >= 0.3 is 0 Å². The van der Waals surface area contributed by atoms with Gasteiger partial charge in [0.05, 0.1) is 11.0 Å². The Bertz CT molecular complexity index is 1050. The van der Waals surface area contributed by atoms with Crippen LogP contribution in [0.25, 0.3) is 10.8 Å². The third-order valence-electron chi connectivity index (χ3n) is 7.08. The van der Waals surface area contributed by atoms with Crippen molar-refractivity contribution in [3.05, 3.63) is 83.9 Å². The minimum Gasteiger partial charge on any atom is -0.332 e. The number of fused-ring (bicyclic) bond motifs is 2. The fourth-order valence-corrected chi connectivity index (χ4v) is 5.19. The third-order valence-corrected chi connectivity index (χ3v) is 7.08. The molecule has 1 saturated heterocycles. The van der Waals surface area contributed by atoms with Crippen LogP contribution in [0.3, 0.4) is 0 Å². The SMILES string of the molecule is CC(C)(c1ccc2ccccc2c1)N1CC2(C)CC2(c2ccccc2)C1=O. The lowest BCUT2D eigenvalue weighted by Crippen LogP contribution is -2.46. The predicted molar refractivity (Wildman–Crippen MR) is 110 cm³/mol. The van der Waals surface area contributed by atoms with E-state index in [9.17, 15) is 4.79 Å². The number of hydrogen-bond acceptors (Lipinski definition) is 1. The average Bonchev–Trinajstić information content (AvgIpc) is 3.25. The van der Waals surface area contributed by atoms with Crippen LogP contribution in [-0.2, 0) is 15.7 Å². The van der Waals surface area contributed by atoms with Crippen LogP contribution in [0.1, 0.15) is 38.3 Å². The molecule has 3 aromatic carbocycles. The number of amides is 1. The number of hydrogen-bond donors (Lipinski definition) is 0. The standard InChI is InChI=1S/C25H25NO/c1-23(2,21-14-13-18-9-7-8-10-19(18)15-21)26-17-24(3)16-25(24,22(26)27)20-11-5-4-6-12-20/h4-15H,16-17H2,1-3H3. The Labute approximate surface area is 160 Å². The molecule has 2 heteroatoms. The van der Waals surface area contributed by atoms with Crippen molar-refractivity contribution in [2.75, 3.05) is 6.54 Å². The van der Waals surface area contributed by atoms with E-state index in [0.717, 1.165) is 13.0 Å². The maximum Gasteiger partial charge on any atom is 0.234 e. The van der Waals surface area contributed by atoms with Crippen LogP contribution in [0.15, 0.2) is 72.8 Å². The first-order valence-corrected chi connectivity index (χ1v) is 9.75. The van der Waals surface area contributed by atoms with Crippen LogP contribution in [0.4, 0.5) is 0 Å². The van der Waals surface area contributed by atoms with E-state index in [1.807, 2.05) is 18.2 Å². The van der Waals surface area contributed by atoms with E-state index in [2.05, 4.69) is 80.3 Å². The molecule has 0 radical (unpaired) electrons. The van der Waals surface area contributed by atoms with Crippen LogP contribution < -0.4 is 0 Å². The molecule has 0 bridgehead atoms. The van der Waals surface area contributed by atoms with Crippen LogP contribution in [-0.4, -0.2) is 17.4 Å². The lowest BCUT2D eigenvalue weighted by atomic mass is 9.88. The third kappa shape index (κ3) is 2.10. The van der Waals surface area contributed by atoms with E-state index < -0.39 is 0 Å². The van der Waals surface area contributed by atoms with Crippen molar-refractivity contribution in [2.45, 2.75) is 38.1 Å². The number of benzene rings is 3. The molecule has 2 nitrogen and oxygen atoms in total. The molecule has 0 spiro atoms. The molecule has 1 saturated carbocycles. The van der Waals surface area contributed by atoms with Gasteiger partial charge in [0, 0.05) is 12.0 Å². The van der Waals surface area contributed by atoms with E-state index in [4.69, 9.17) is 0 Å². The summed E-state index contributed by atoms with van der Waals surface area (Å²) in [7, 11) is 0. The van der Waals surface area contributed by atoms with Crippen LogP contribution in [0.2, 0.25) is 0 Å². The maximum absolute atomic E-state index is 13.7. The predicted octanol–water partition coefficient (Wildman–Crippen LogP) is 5.27. The Morgan fingerprint density at radius 3 is 2.30 bits per heavy atom. The first-order valence-electron chi connectivity index (χ1n) is 9.75. The van der Waals surface area contributed by atoms with Gasteiger partial charge < -0.3 is 4.90 Å². The monoisotopic (exact) mass is 355 g/mol. The van der Waals surface area contributed by atoms with Crippen molar-refractivity contribution >= 4 is 16.7 Å². The highest BCUT2D eigenvalue weighted by atomic mass is 16.2. The minimum absolute atomic E-state index is 0.0412. The number of rotatable bonds is 3. The lowest BCUT2D eigenvalue weighted by Gasteiger charge is -2.38. The molecular formula is C25H25NO. The molecule has 3 aromatic rings. The first kappa shape index (κ1) is 16.6. The van der Waals surface area contributed by atoms with Crippen molar-refractivity contribution in [3.8, 4) is 0 Å². The second-order valence-corrected chi connectivity index (χ2v) is 9.02. The molecule has 1 aliphatic heterocycles. The summed E-state index contributed by atoms with van der Waals surface area (Å²) >= 11 is 0. The molecule has 0 N–H and O–H groups in total. The van der Waals surface area contributed by atoms with Gasteiger partial charge in [-0.2, -0.15) is 0 Å². The zero-order chi connectivity index (χ0) is 18.9. The molecule has 2 fully saturated rings. The average molecular weight is 355 g/mol. The molecule has 1 aliphatic carbocycles. The van der Waals surface area contributed by atoms with Crippen molar-refractivity contribution < 1.29 is 4.79 Å². The molecule has 1 amide bonds. The van der Waals surface area contributed by atoms with Gasteiger partial charge in [0.15, 0.2) is 0 Å². The summed E-state index contributed by atoms with van der Waals surface area (Å²) in [6, 6.07) is 25.4. The number of piperidine rings is 1. The van der Waals surface area contributed by atoms with Crippen molar-refractivity contribution in [1.82, 2.24) is 4.90 Å². The minimum atomic E-state index is -0.334. The van der Waals surface area contributed by atoms with Crippen molar-refractivity contribution in [3.63, 3.8) is 0 Å². The molecular weight excluding hydrogens is 330 g/mol. The van der Waals surface area contributed by atoms with Crippen molar-refractivity contribution in [2.24, 2.45) is 5.41 Å². The Balaban J connectivity index is 1.55. The van der Waals surface area contributed by atoms with Gasteiger partial charge in [0.2, 0.25) is 5.91 Å². The Hall–Kier alpha value is -2.61. The summed E-state index contributed by atoms with van der Waals surface area (Å²) in [5.41, 5.74) is 1.75. The normalized spacial score (nSPS) is 27.1. The van der Waals surface area contributed by atoms with Crippen molar-refractivity contribution in [1.29, 1.82) is 0 Å². The second-order valence-electron chi connectivity index (χ2n) is 9.02. The van der Waals surface area contributed by atoms with E-state index in [1.165, 1.54) is 21.9 Å². The van der Waals surface area contributed by atoms with E-state index in [1.54, 1.807) is 0 Å². The second kappa shape index (κ2) is 5.22. The zero-order valence-electron chi connectivity index (χ0n) is 16.2. The topological polar surface area (TPSA) is 20.3 Å². The van der Waals surface area contributed by atoms with E-state index in [0.29, 0.717) is 0 Å². The maximum atomic E-state index is 13.7. The van der Waals surface area contributed by atoms with Gasteiger partial charge in [-0.25, -0.2) is 0 Å². The molecule has 2 atom stereocenters. The van der Waals surface area contributed by atoms with Crippen LogP contribution in [0.5, 0.6) is 0 Å². The first-order chi connectivity index (χ1) is 12.9. The zero-order valence-corrected chi connectivity index (χ0v) is 16.2. The number of carbonyl (C=O) groups is 1. The largest absolute Gasteiger partial charge is 0.332 e. The highest BCUT2D eigenvalue weighted by Gasteiger charge is 2.76. The molecule has 2 aliphatic rings. The summed E-state index contributed by atoms with van der Waals surface area (Å²) < 4.78 is 0.